The number of benzene rings is 2. The van der Waals surface area contributed by atoms with Crippen molar-refractivity contribution in [1.29, 1.82) is 0 Å². The summed E-state index contributed by atoms with van der Waals surface area (Å²) >= 11 is 5.92. The highest BCUT2D eigenvalue weighted by Gasteiger charge is 2.13. The maximum atomic E-state index is 6.02. The molecule has 0 radical (unpaired) electrons. The third kappa shape index (κ3) is 5.70. The molecule has 0 saturated heterocycles. The van der Waals surface area contributed by atoms with Gasteiger partial charge in [0.2, 0.25) is 0 Å². The van der Waals surface area contributed by atoms with E-state index in [1.54, 1.807) is 0 Å². The minimum absolute atomic E-state index is 0. The number of hydrogen-bond acceptors (Lipinski definition) is 2. The lowest BCUT2D eigenvalue weighted by Crippen LogP contribution is -2.30. The van der Waals surface area contributed by atoms with Crippen LogP contribution in [0.5, 0.6) is 5.75 Å². The van der Waals surface area contributed by atoms with Gasteiger partial charge in [0.1, 0.15) is 12.4 Å². The summed E-state index contributed by atoms with van der Waals surface area (Å²) in [5, 5.41) is 4.44. The maximum Gasteiger partial charge on any atom is 0.124 e. The molecule has 1 aliphatic rings. The smallest absolute Gasteiger partial charge is 0.124 e. The molecule has 0 spiro atoms. The van der Waals surface area contributed by atoms with E-state index in [0.717, 1.165) is 22.9 Å². The zero-order valence-electron chi connectivity index (χ0n) is 13.8. The first-order valence-corrected chi connectivity index (χ1v) is 8.87. The summed E-state index contributed by atoms with van der Waals surface area (Å²) in [6.45, 7) is 1.44. The van der Waals surface area contributed by atoms with Crippen molar-refractivity contribution >= 4 is 24.0 Å². The molecule has 0 heterocycles. The van der Waals surface area contributed by atoms with Crippen LogP contribution in [0.2, 0.25) is 5.02 Å². The molecule has 2 aromatic rings. The highest BCUT2D eigenvalue weighted by atomic mass is 35.5. The highest BCUT2D eigenvalue weighted by Crippen LogP contribution is 2.22. The van der Waals surface area contributed by atoms with Crippen molar-refractivity contribution in [3.8, 4) is 5.75 Å². The first-order valence-electron chi connectivity index (χ1n) is 8.50. The third-order valence-corrected chi connectivity index (χ3v) is 4.72. The number of rotatable bonds is 6. The summed E-state index contributed by atoms with van der Waals surface area (Å²) in [6, 6.07) is 16.8. The van der Waals surface area contributed by atoms with Gasteiger partial charge in [-0.25, -0.2) is 0 Å². The van der Waals surface area contributed by atoms with E-state index in [-0.39, 0.29) is 12.4 Å². The molecular formula is C20H25Cl2NO. The summed E-state index contributed by atoms with van der Waals surface area (Å²) in [7, 11) is 0. The van der Waals surface area contributed by atoms with Gasteiger partial charge in [0.05, 0.1) is 0 Å². The van der Waals surface area contributed by atoms with E-state index in [4.69, 9.17) is 16.3 Å². The first-order chi connectivity index (χ1) is 11.3. The van der Waals surface area contributed by atoms with Crippen molar-refractivity contribution in [3.05, 3.63) is 64.7 Å². The van der Waals surface area contributed by atoms with E-state index in [1.807, 2.05) is 36.4 Å². The Morgan fingerprint density at radius 3 is 2.42 bits per heavy atom. The van der Waals surface area contributed by atoms with Crippen LogP contribution in [0.25, 0.3) is 0 Å². The van der Waals surface area contributed by atoms with Crippen LogP contribution in [0.4, 0.5) is 0 Å². The lowest BCUT2D eigenvalue weighted by atomic mass is 9.95. The Bertz CT molecular complexity index is 609. The molecule has 1 fully saturated rings. The van der Waals surface area contributed by atoms with Gasteiger partial charge in [0, 0.05) is 23.2 Å². The van der Waals surface area contributed by atoms with Crippen LogP contribution < -0.4 is 10.1 Å². The number of nitrogens with one attached hydrogen (secondary N) is 1. The van der Waals surface area contributed by atoms with Gasteiger partial charge in [-0.1, -0.05) is 61.2 Å². The molecule has 0 unspecified atom stereocenters. The molecule has 0 amide bonds. The molecular weight excluding hydrogens is 341 g/mol. The predicted molar refractivity (Wildman–Crippen MR) is 103 cm³/mol. The SMILES string of the molecule is Cl.Clc1ccc(COc2ccccc2CNC2CCCCC2)cc1. The van der Waals surface area contributed by atoms with Crippen molar-refractivity contribution in [2.75, 3.05) is 0 Å². The van der Waals surface area contributed by atoms with Crippen molar-refractivity contribution < 1.29 is 4.74 Å². The molecule has 2 aromatic carbocycles. The Morgan fingerprint density at radius 2 is 1.67 bits per heavy atom. The summed E-state index contributed by atoms with van der Waals surface area (Å²) < 4.78 is 6.02. The van der Waals surface area contributed by atoms with Crippen LogP contribution in [0.1, 0.15) is 43.2 Å². The summed E-state index contributed by atoms with van der Waals surface area (Å²) in [4.78, 5) is 0. The topological polar surface area (TPSA) is 21.3 Å². The Kier molecular flexibility index (Phi) is 7.90. The second kappa shape index (κ2) is 9.93. The van der Waals surface area contributed by atoms with Crippen molar-refractivity contribution in [2.24, 2.45) is 0 Å². The van der Waals surface area contributed by atoms with Gasteiger partial charge in [-0.15, -0.1) is 12.4 Å². The summed E-state index contributed by atoms with van der Waals surface area (Å²) in [5.41, 5.74) is 2.36. The Morgan fingerprint density at radius 1 is 0.958 bits per heavy atom. The monoisotopic (exact) mass is 365 g/mol. The van der Waals surface area contributed by atoms with Gasteiger partial charge in [0.25, 0.3) is 0 Å². The first kappa shape index (κ1) is 19.1. The van der Waals surface area contributed by atoms with Crippen molar-refractivity contribution in [3.63, 3.8) is 0 Å². The van der Waals surface area contributed by atoms with E-state index in [9.17, 15) is 0 Å². The van der Waals surface area contributed by atoms with Crippen LogP contribution in [-0.2, 0) is 13.2 Å². The average molecular weight is 366 g/mol. The minimum atomic E-state index is 0. The minimum Gasteiger partial charge on any atom is -0.489 e. The molecule has 1 aliphatic carbocycles. The van der Waals surface area contributed by atoms with Gasteiger partial charge in [-0.3, -0.25) is 0 Å². The Balaban J connectivity index is 0.00000208. The Hall–Kier alpha value is -1.22. The molecule has 0 aliphatic heterocycles. The number of halogens is 2. The molecule has 3 rings (SSSR count). The molecule has 0 bridgehead atoms. The quantitative estimate of drug-likeness (QED) is 0.701. The lowest BCUT2D eigenvalue weighted by molar-refractivity contribution is 0.300. The summed E-state index contributed by atoms with van der Waals surface area (Å²) in [6.07, 6.45) is 6.69. The zero-order chi connectivity index (χ0) is 15.9. The van der Waals surface area contributed by atoms with Gasteiger partial charge in [-0.2, -0.15) is 0 Å². The molecule has 130 valence electrons. The van der Waals surface area contributed by atoms with E-state index in [2.05, 4.69) is 17.4 Å². The third-order valence-electron chi connectivity index (χ3n) is 4.47. The average Bonchev–Trinajstić information content (AvgIpc) is 2.61. The predicted octanol–water partition coefficient (Wildman–Crippen LogP) is 5.76. The molecule has 2 nitrogen and oxygen atoms in total. The van der Waals surface area contributed by atoms with Gasteiger partial charge in [0.15, 0.2) is 0 Å². The summed E-state index contributed by atoms with van der Waals surface area (Å²) in [5.74, 6) is 0.964. The van der Waals surface area contributed by atoms with Crippen LogP contribution in [-0.4, -0.2) is 6.04 Å². The molecule has 0 aromatic heterocycles. The fraction of sp³-hybridized carbons (Fsp3) is 0.400. The van der Waals surface area contributed by atoms with E-state index in [1.165, 1.54) is 37.7 Å². The van der Waals surface area contributed by atoms with Crippen LogP contribution in [0, 0.1) is 0 Å². The van der Waals surface area contributed by atoms with Crippen molar-refractivity contribution in [1.82, 2.24) is 5.32 Å². The van der Waals surface area contributed by atoms with Crippen LogP contribution in [0.15, 0.2) is 48.5 Å². The van der Waals surface area contributed by atoms with Crippen LogP contribution in [0.3, 0.4) is 0 Å². The number of para-hydroxylation sites is 1. The van der Waals surface area contributed by atoms with E-state index >= 15 is 0 Å². The normalized spacial score (nSPS) is 14.9. The van der Waals surface area contributed by atoms with Gasteiger partial charge >= 0.3 is 0 Å². The van der Waals surface area contributed by atoms with Gasteiger partial charge < -0.3 is 10.1 Å². The second-order valence-electron chi connectivity index (χ2n) is 6.24. The van der Waals surface area contributed by atoms with Crippen LogP contribution >= 0.6 is 24.0 Å². The number of ether oxygens (including phenoxy) is 1. The second-order valence-corrected chi connectivity index (χ2v) is 6.68. The molecule has 24 heavy (non-hydrogen) atoms. The Labute approximate surface area is 156 Å². The lowest BCUT2D eigenvalue weighted by Gasteiger charge is -2.23. The molecule has 0 atom stereocenters. The fourth-order valence-corrected chi connectivity index (χ4v) is 3.22. The standard InChI is InChI=1S/C20H24ClNO.ClH/c21-18-12-10-16(11-13-18)15-23-20-9-5-4-6-17(20)14-22-19-7-2-1-3-8-19;/h4-6,9-13,19,22H,1-3,7-8,14-15H2;1H. The van der Waals surface area contributed by atoms with E-state index < -0.39 is 0 Å². The van der Waals surface area contributed by atoms with Gasteiger partial charge in [-0.05, 0) is 36.6 Å². The molecule has 1 N–H and O–H groups in total. The maximum absolute atomic E-state index is 6.02. The fourth-order valence-electron chi connectivity index (χ4n) is 3.09. The molecule has 4 heteroatoms. The largest absolute Gasteiger partial charge is 0.489 e. The highest BCUT2D eigenvalue weighted by molar-refractivity contribution is 6.30. The molecule has 1 saturated carbocycles. The zero-order valence-corrected chi connectivity index (χ0v) is 15.4. The van der Waals surface area contributed by atoms with E-state index in [0.29, 0.717) is 12.6 Å². The van der Waals surface area contributed by atoms with Crippen molar-refractivity contribution in [2.45, 2.75) is 51.3 Å². The number of hydrogen-bond donors (Lipinski definition) is 1.